The zero-order valence-electron chi connectivity index (χ0n) is 9.36. The quantitative estimate of drug-likeness (QED) is 0.861. The maximum absolute atomic E-state index is 9.09. The van der Waals surface area contributed by atoms with Crippen LogP contribution in [0.3, 0.4) is 0 Å². The molecule has 0 fully saturated rings. The molecule has 84 valence electrons. The molecular weight excluding hydrogens is 204 g/mol. The first-order valence-electron chi connectivity index (χ1n) is 5.09. The van der Waals surface area contributed by atoms with Gasteiger partial charge in [0, 0.05) is 11.1 Å². The Morgan fingerprint density at radius 2 is 2.12 bits per heavy atom. The van der Waals surface area contributed by atoms with Crippen molar-refractivity contribution in [3.05, 3.63) is 41.7 Å². The van der Waals surface area contributed by atoms with Crippen LogP contribution in [-0.4, -0.2) is 12.2 Å². The lowest BCUT2D eigenvalue weighted by atomic mass is 10.1. The molecule has 1 heterocycles. The second kappa shape index (κ2) is 4.41. The highest BCUT2D eigenvalue weighted by Gasteiger charge is 2.08. The lowest BCUT2D eigenvalue weighted by Gasteiger charge is -2.01. The number of aliphatic hydroxyl groups is 1. The zero-order valence-corrected chi connectivity index (χ0v) is 9.36. The SMILES string of the molecule is COc1cccc(-c2cc(CO)c(C)o2)c1. The fraction of sp³-hybridized carbons (Fsp3) is 0.231. The van der Waals surface area contributed by atoms with Crippen molar-refractivity contribution < 1.29 is 14.3 Å². The van der Waals surface area contributed by atoms with Crippen LogP contribution in [0.2, 0.25) is 0 Å². The summed E-state index contributed by atoms with van der Waals surface area (Å²) < 4.78 is 10.7. The van der Waals surface area contributed by atoms with Gasteiger partial charge in [0.25, 0.3) is 0 Å². The Kier molecular flexibility index (Phi) is 2.97. The smallest absolute Gasteiger partial charge is 0.134 e. The van der Waals surface area contributed by atoms with Crippen LogP contribution in [0.5, 0.6) is 5.75 Å². The second-order valence-electron chi connectivity index (χ2n) is 3.58. The van der Waals surface area contributed by atoms with Crippen molar-refractivity contribution in [2.45, 2.75) is 13.5 Å². The number of methoxy groups -OCH3 is 1. The molecule has 1 N–H and O–H groups in total. The molecule has 0 radical (unpaired) electrons. The molecule has 1 aromatic carbocycles. The van der Waals surface area contributed by atoms with Gasteiger partial charge in [0.1, 0.15) is 17.3 Å². The molecule has 2 rings (SSSR count). The number of benzene rings is 1. The summed E-state index contributed by atoms with van der Waals surface area (Å²) in [6, 6.07) is 9.49. The fourth-order valence-corrected chi connectivity index (χ4v) is 1.60. The van der Waals surface area contributed by atoms with E-state index in [1.807, 2.05) is 37.3 Å². The lowest BCUT2D eigenvalue weighted by molar-refractivity contribution is 0.279. The standard InChI is InChI=1S/C13H14O3/c1-9-11(8-14)7-13(16-9)10-4-3-5-12(6-10)15-2/h3-7,14H,8H2,1-2H3. The first kappa shape index (κ1) is 10.8. The van der Waals surface area contributed by atoms with E-state index in [9.17, 15) is 0 Å². The topological polar surface area (TPSA) is 42.6 Å². The monoisotopic (exact) mass is 218 g/mol. The van der Waals surface area contributed by atoms with Crippen LogP contribution in [0.1, 0.15) is 11.3 Å². The van der Waals surface area contributed by atoms with Gasteiger partial charge in [-0.1, -0.05) is 12.1 Å². The maximum atomic E-state index is 9.09. The van der Waals surface area contributed by atoms with Gasteiger partial charge in [0.15, 0.2) is 0 Å². The molecule has 0 saturated heterocycles. The summed E-state index contributed by atoms with van der Waals surface area (Å²) in [5, 5.41) is 9.09. The van der Waals surface area contributed by atoms with Gasteiger partial charge < -0.3 is 14.3 Å². The molecule has 0 aliphatic rings. The molecule has 3 heteroatoms. The normalized spacial score (nSPS) is 10.4. The van der Waals surface area contributed by atoms with Crippen LogP contribution in [0.25, 0.3) is 11.3 Å². The van der Waals surface area contributed by atoms with E-state index in [0.717, 1.165) is 28.4 Å². The van der Waals surface area contributed by atoms with Crippen LogP contribution in [0, 0.1) is 6.92 Å². The summed E-state index contributed by atoms with van der Waals surface area (Å²) in [6.07, 6.45) is 0. The molecule has 3 nitrogen and oxygen atoms in total. The average Bonchev–Trinajstić information content (AvgIpc) is 2.71. The summed E-state index contributed by atoms with van der Waals surface area (Å²) >= 11 is 0. The average molecular weight is 218 g/mol. The van der Waals surface area contributed by atoms with E-state index >= 15 is 0 Å². The molecule has 0 unspecified atom stereocenters. The Morgan fingerprint density at radius 3 is 2.75 bits per heavy atom. The van der Waals surface area contributed by atoms with Crippen molar-refractivity contribution in [1.29, 1.82) is 0 Å². The van der Waals surface area contributed by atoms with Gasteiger partial charge in [-0.2, -0.15) is 0 Å². The van der Waals surface area contributed by atoms with E-state index in [0.29, 0.717) is 0 Å². The number of aliphatic hydroxyl groups excluding tert-OH is 1. The third kappa shape index (κ3) is 1.95. The molecule has 0 bridgehead atoms. The minimum atomic E-state index is -0.000693. The van der Waals surface area contributed by atoms with Crippen LogP contribution >= 0.6 is 0 Å². The van der Waals surface area contributed by atoms with Gasteiger partial charge in [0.2, 0.25) is 0 Å². The van der Waals surface area contributed by atoms with E-state index in [-0.39, 0.29) is 6.61 Å². The summed E-state index contributed by atoms with van der Waals surface area (Å²) in [5.41, 5.74) is 1.76. The van der Waals surface area contributed by atoms with Crippen LogP contribution < -0.4 is 4.74 Å². The fourth-order valence-electron chi connectivity index (χ4n) is 1.60. The van der Waals surface area contributed by atoms with Crippen LogP contribution in [-0.2, 0) is 6.61 Å². The van der Waals surface area contributed by atoms with Gasteiger partial charge in [-0.15, -0.1) is 0 Å². The Morgan fingerprint density at radius 1 is 1.31 bits per heavy atom. The van der Waals surface area contributed by atoms with Gasteiger partial charge in [0.05, 0.1) is 13.7 Å². The zero-order chi connectivity index (χ0) is 11.5. The Labute approximate surface area is 94.3 Å². The Bertz CT molecular complexity index is 486. The summed E-state index contributed by atoms with van der Waals surface area (Å²) in [4.78, 5) is 0. The first-order chi connectivity index (χ1) is 7.74. The van der Waals surface area contributed by atoms with Crippen molar-refractivity contribution in [2.75, 3.05) is 7.11 Å². The van der Waals surface area contributed by atoms with E-state index in [1.54, 1.807) is 7.11 Å². The van der Waals surface area contributed by atoms with Crippen LogP contribution in [0.4, 0.5) is 0 Å². The van der Waals surface area contributed by atoms with E-state index < -0.39 is 0 Å². The molecule has 1 aromatic heterocycles. The molecule has 0 aliphatic carbocycles. The van der Waals surface area contributed by atoms with Crippen molar-refractivity contribution in [3.63, 3.8) is 0 Å². The molecule has 0 amide bonds. The van der Waals surface area contributed by atoms with Crippen LogP contribution in [0.15, 0.2) is 34.7 Å². The van der Waals surface area contributed by atoms with Crippen molar-refractivity contribution in [1.82, 2.24) is 0 Å². The van der Waals surface area contributed by atoms with Gasteiger partial charge in [-0.3, -0.25) is 0 Å². The highest BCUT2D eigenvalue weighted by atomic mass is 16.5. The summed E-state index contributed by atoms with van der Waals surface area (Å²) in [7, 11) is 1.63. The third-order valence-electron chi connectivity index (χ3n) is 2.55. The number of hydrogen-bond donors (Lipinski definition) is 1. The molecule has 0 atom stereocenters. The lowest BCUT2D eigenvalue weighted by Crippen LogP contribution is -1.82. The molecule has 2 aromatic rings. The highest BCUT2D eigenvalue weighted by molar-refractivity contribution is 5.60. The van der Waals surface area contributed by atoms with Crippen molar-refractivity contribution in [2.24, 2.45) is 0 Å². The molecule has 16 heavy (non-hydrogen) atoms. The number of rotatable bonds is 3. The predicted octanol–water partition coefficient (Wildman–Crippen LogP) is 2.76. The van der Waals surface area contributed by atoms with Gasteiger partial charge >= 0.3 is 0 Å². The summed E-state index contributed by atoms with van der Waals surface area (Å²) in [6.45, 7) is 1.84. The number of ether oxygens (including phenoxy) is 1. The predicted molar refractivity (Wildman–Crippen MR) is 61.4 cm³/mol. The number of hydrogen-bond acceptors (Lipinski definition) is 3. The van der Waals surface area contributed by atoms with Gasteiger partial charge in [-0.25, -0.2) is 0 Å². The molecule has 0 spiro atoms. The molecule has 0 aliphatic heterocycles. The largest absolute Gasteiger partial charge is 0.497 e. The number of furan rings is 1. The van der Waals surface area contributed by atoms with E-state index in [4.69, 9.17) is 14.3 Å². The second-order valence-corrected chi connectivity index (χ2v) is 3.58. The van der Waals surface area contributed by atoms with E-state index in [1.165, 1.54) is 0 Å². The Balaban J connectivity index is 2.41. The molecule has 0 saturated carbocycles. The summed E-state index contributed by atoms with van der Waals surface area (Å²) in [5.74, 6) is 2.29. The van der Waals surface area contributed by atoms with E-state index in [2.05, 4.69) is 0 Å². The van der Waals surface area contributed by atoms with Crippen molar-refractivity contribution >= 4 is 0 Å². The first-order valence-corrected chi connectivity index (χ1v) is 5.09. The highest BCUT2D eigenvalue weighted by Crippen LogP contribution is 2.27. The minimum absolute atomic E-state index is 0.000693. The molecular formula is C13H14O3. The maximum Gasteiger partial charge on any atom is 0.134 e. The minimum Gasteiger partial charge on any atom is -0.497 e. The number of aryl methyl sites for hydroxylation is 1. The van der Waals surface area contributed by atoms with Crippen molar-refractivity contribution in [3.8, 4) is 17.1 Å². The Hall–Kier alpha value is -1.74. The third-order valence-corrected chi connectivity index (χ3v) is 2.55. The van der Waals surface area contributed by atoms with Gasteiger partial charge in [-0.05, 0) is 25.1 Å².